The maximum Gasteiger partial charge on any atom is 0.127 e. The van der Waals surface area contributed by atoms with E-state index in [0.717, 1.165) is 12.2 Å². The normalized spacial score (nSPS) is 12.9. The van der Waals surface area contributed by atoms with Gasteiger partial charge in [0, 0.05) is 11.3 Å². The van der Waals surface area contributed by atoms with Crippen molar-refractivity contribution in [1.82, 2.24) is 0 Å². The topological polar surface area (TPSA) is 9.23 Å². The van der Waals surface area contributed by atoms with Gasteiger partial charge in [0.2, 0.25) is 0 Å². The molecule has 124 valence electrons. The van der Waals surface area contributed by atoms with Crippen molar-refractivity contribution >= 4 is 37.5 Å². The van der Waals surface area contributed by atoms with Crippen LogP contribution in [0, 0.1) is 5.92 Å². The van der Waals surface area contributed by atoms with E-state index in [1.807, 2.05) is 4.99 Å². The van der Waals surface area contributed by atoms with E-state index in [9.17, 15) is 0 Å². The number of hydrogen-bond acceptors (Lipinski definition) is 1. The molecule has 0 bridgehead atoms. The van der Waals surface area contributed by atoms with Crippen LogP contribution in [0.4, 0.5) is 0 Å². The summed E-state index contributed by atoms with van der Waals surface area (Å²) in [6.07, 6.45) is 5.79. The highest BCUT2D eigenvalue weighted by atomic mass is 79.9. The van der Waals surface area contributed by atoms with Gasteiger partial charge in [-0.05, 0) is 45.8 Å². The van der Waals surface area contributed by atoms with Gasteiger partial charge < -0.3 is 4.74 Å². The third kappa shape index (κ3) is 3.99. The van der Waals surface area contributed by atoms with Crippen LogP contribution in [0.5, 0.6) is 5.75 Å². The van der Waals surface area contributed by atoms with E-state index >= 15 is 0 Å². The lowest BCUT2D eigenvalue weighted by Crippen LogP contribution is -2.10. The van der Waals surface area contributed by atoms with Crippen LogP contribution in [0.2, 0.25) is 0 Å². The van der Waals surface area contributed by atoms with Crippen molar-refractivity contribution in [3.63, 3.8) is 0 Å². The molecule has 0 aliphatic heterocycles. The Morgan fingerprint density at radius 1 is 1.00 bits per heavy atom. The Labute approximate surface area is 152 Å². The van der Waals surface area contributed by atoms with Crippen LogP contribution in [0.25, 0.3) is 21.5 Å². The molecule has 1 unspecified atom stereocenters. The Kier molecular flexibility index (Phi) is 5.92. The Morgan fingerprint density at radius 2 is 1.75 bits per heavy atom. The summed E-state index contributed by atoms with van der Waals surface area (Å²) in [5.41, 5.74) is 0. The maximum atomic E-state index is 6.21. The second-order valence-corrected chi connectivity index (χ2v) is 6.74. The van der Waals surface area contributed by atoms with Gasteiger partial charge in [0.05, 0.1) is 6.61 Å². The van der Waals surface area contributed by atoms with Crippen molar-refractivity contribution in [2.24, 2.45) is 5.92 Å². The molecule has 0 N–H and O–H groups in total. The fourth-order valence-corrected chi connectivity index (χ4v) is 3.50. The standard InChI is InChI=1S/C22H23BrO/c1-2-3-7-17(12-13-23)16-24-22-11-6-10-20-14-18-8-4-5-9-19(18)15-21(20)22/h4-6,8-15,17H,2-3,7,16H2,1H3. The summed E-state index contributed by atoms with van der Waals surface area (Å²) in [5.74, 6) is 1.42. The molecule has 0 saturated heterocycles. The van der Waals surface area contributed by atoms with E-state index in [-0.39, 0.29) is 0 Å². The van der Waals surface area contributed by atoms with Crippen molar-refractivity contribution in [2.75, 3.05) is 6.61 Å². The van der Waals surface area contributed by atoms with Gasteiger partial charge in [-0.15, -0.1) is 0 Å². The molecule has 0 heterocycles. The maximum absolute atomic E-state index is 6.21. The largest absolute Gasteiger partial charge is 0.492 e. The summed E-state index contributed by atoms with van der Waals surface area (Å²) in [6, 6.07) is 19.3. The minimum atomic E-state index is 0.444. The molecule has 0 fully saturated rings. The van der Waals surface area contributed by atoms with E-state index in [4.69, 9.17) is 4.74 Å². The molecule has 3 rings (SSSR count). The highest BCUT2D eigenvalue weighted by Crippen LogP contribution is 2.30. The van der Waals surface area contributed by atoms with Gasteiger partial charge in [-0.25, -0.2) is 0 Å². The minimum absolute atomic E-state index is 0.444. The zero-order valence-corrected chi connectivity index (χ0v) is 15.6. The number of rotatable bonds is 7. The molecule has 2 heteroatoms. The Balaban J connectivity index is 1.87. The van der Waals surface area contributed by atoms with Gasteiger partial charge in [0.15, 0.2) is 0 Å². The Morgan fingerprint density at radius 3 is 2.50 bits per heavy atom. The lowest BCUT2D eigenvalue weighted by molar-refractivity contribution is 0.269. The number of hydrogen-bond donors (Lipinski definition) is 0. The summed E-state index contributed by atoms with van der Waals surface area (Å²) in [7, 11) is 0. The van der Waals surface area contributed by atoms with Gasteiger partial charge >= 0.3 is 0 Å². The van der Waals surface area contributed by atoms with E-state index in [1.54, 1.807) is 0 Å². The van der Waals surface area contributed by atoms with Crippen LogP contribution in [0.1, 0.15) is 26.2 Å². The second-order valence-electron chi connectivity index (χ2n) is 6.21. The molecular formula is C22H23BrO. The second kappa shape index (κ2) is 8.34. The molecule has 24 heavy (non-hydrogen) atoms. The van der Waals surface area contributed by atoms with E-state index in [1.165, 1.54) is 34.4 Å². The first-order valence-electron chi connectivity index (χ1n) is 8.63. The number of unbranched alkanes of at least 4 members (excludes halogenated alkanes) is 1. The molecule has 0 spiro atoms. The fraction of sp³-hybridized carbons (Fsp3) is 0.273. The van der Waals surface area contributed by atoms with E-state index in [0.29, 0.717) is 12.5 Å². The number of benzene rings is 3. The van der Waals surface area contributed by atoms with Gasteiger partial charge in [-0.2, -0.15) is 0 Å². The van der Waals surface area contributed by atoms with Gasteiger partial charge in [0.1, 0.15) is 5.75 Å². The third-order valence-electron chi connectivity index (χ3n) is 4.43. The highest BCUT2D eigenvalue weighted by Gasteiger charge is 2.08. The summed E-state index contributed by atoms with van der Waals surface area (Å²) in [4.78, 5) is 1.95. The third-order valence-corrected chi connectivity index (χ3v) is 4.74. The van der Waals surface area contributed by atoms with E-state index < -0.39 is 0 Å². The van der Waals surface area contributed by atoms with Crippen LogP contribution in [-0.4, -0.2) is 6.61 Å². The Hall–Kier alpha value is -1.80. The van der Waals surface area contributed by atoms with Crippen LogP contribution in [-0.2, 0) is 0 Å². The number of halogens is 1. The lowest BCUT2D eigenvalue weighted by atomic mass is 10.0. The first kappa shape index (κ1) is 17.0. The molecular weight excluding hydrogens is 360 g/mol. The van der Waals surface area contributed by atoms with Gasteiger partial charge in [-0.1, -0.05) is 78.2 Å². The average Bonchev–Trinajstić information content (AvgIpc) is 2.62. The molecule has 1 atom stereocenters. The predicted octanol–water partition coefficient (Wildman–Crippen LogP) is 7.09. The summed E-state index contributed by atoms with van der Waals surface area (Å²) in [6.45, 7) is 2.94. The fourth-order valence-electron chi connectivity index (χ4n) is 3.07. The minimum Gasteiger partial charge on any atom is -0.492 e. The molecule has 1 nitrogen and oxygen atoms in total. The van der Waals surface area contributed by atoms with Crippen LogP contribution in [0.15, 0.2) is 65.7 Å². The summed E-state index contributed by atoms with van der Waals surface area (Å²) < 4.78 is 6.21. The summed E-state index contributed by atoms with van der Waals surface area (Å²) in [5, 5.41) is 4.94. The molecule has 0 aromatic heterocycles. The predicted molar refractivity (Wildman–Crippen MR) is 108 cm³/mol. The highest BCUT2D eigenvalue weighted by molar-refractivity contribution is 9.11. The van der Waals surface area contributed by atoms with Gasteiger partial charge in [-0.3, -0.25) is 0 Å². The quantitative estimate of drug-likeness (QED) is 0.396. The molecule has 0 amide bonds. The molecule has 0 aliphatic rings. The van der Waals surface area contributed by atoms with Crippen molar-refractivity contribution in [1.29, 1.82) is 0 Å². The molecule has 3 aromatic carbocycles. The number of fused-ring (bicyclic) bond motifs is 2. The van der Waals surface area contributed by atoms with Crippen molar-refractivity contribution in [3.05, 3.63) is 65.7 Å². The molecule has 0 saturated carbocycles. The van der Waals surface area contributed by atoms with Crippen LogP contribution < -0.4 is 4.74 Å². The average molecular weight is 383 g/mol. The first-order chi connectivity index (χ1) is 11.8. The van der Waals surface area contributed by atoms with E-state index in [2.05, 4.69) is 83.5 Å². The smallest absolute Gasteiger partial charge is 0.127 e. The van der Waals surface area contributed by atoms with Gasteiger partial charge in [0.25, 0.3) is 0 Å². The molecule has 0 radical (unpaired) electrons. The van der Waals surface area contributed by atoms with Crippen LogP contribution >= 0.6 is 15.9 Å². The zero-order valence-electron chi connectivity index (χ0n) is 14.0. The van der Waals surface area contributed by atoms with Crippen molar-refractivity contribution in [2.45, 2.75) is 26.2 Å². The molecule has 3 aromatic rings. The van der Waals surface area contributed by atoms with Crippen molar-refractivity contribution in [3.8, 4) is 5.75 Å². The SMILES string of the molecule is CCCCC(C=CBr)COc1cccc2cc3ccccc3cc12. The van der Waals surface area contributed by atoms with Crippen molar-refractivity contribution < 1.29 is 4.74 Å². The lowest BCUT2D eigenvalue weighted by Gasteiger charge is -2.15. The molecule has 0 aliphatic carbocycles. The monoisotopic (exact) mass is 382 g/mol. The number of ether oxygens (including phenoxy) is 1. The zero-order chi connectivity index (χ0) is 16.8. The summed E-state index contributed by atoms with van der Waals surface area (Å²) >= 11 is 3.40. The van der Waals surface area contributed by atoms with Crippen LogP contribution in [0.3, 0.4) is 0 Å². The Bertz CT molecular complexity index is 838. The first-order valence-corrected chi connectivity index (χ1v) is 9.54.